The summed E-state index contributed by atoms with van der Waals surface area (Å²) in [5.41, 5.74) is 0.00916. The number of benzene rings is 2. The van der Waals surface area contributed by atoms with Gasteiger partial charge in [0.15, 0.2) is 5.75 Å². The Morgan fingerprint density at radius 1 is 1.32 bits per heavy atom. The number of anilines is 1. The van der Waals surface area contributed by atoms with Crippen molar-refractivity contribution in [2.24, 2.45) is 0 Å². The van der Waals surface area contributed by atoms with Crippen LogP contribution in [0.1, 0.15) is 17.3 Å². The van der Waals surface area contributed by atoms with Gasteiger partial charge in [-0.25, -0.2) is 8.78 Å². The topological polar surface area (TPSA) is 38.3 Å². The van der Waals surface area contributed by atoms with Crippen molar-refractivity contribution in [2.45, 2.75) is 6.92 Å². The number of hydrogen-bond donors (Lipinski definition) is 1. The van der Waals surface area contributed by atoms with Gasteiger partial charge < -0.3 is 10.1 Å². The first-order chi connectivity index (χ1) is 10.4. The zero-order valence-electron chi connectivity index (χ0n) is 11.4. The molecular formula is C15H11BrClF2NO2. The van der Waals surface area contributed by atoms with Crippen molar-refractivity contribution in [1.82, 2.24) is 0 Å². The van der Waals surface area contributed by atoms with Crippen molar-refractivity contribution in [1.29, 1.82) is 0 Å². The molecule has 0 saturated carbocycles. The van der Waals surface area contributed by atoms with Gasteiger partial charge in [0.25, 0.3) is 5.91 Å². The quantitative estimate of drug-likeness (QED) is 0.795. The van der Waals surface area contributed by atoms with Crippen LogP contribution in [0, 0.1) is 11.6 Å². The molecular weight excluding hydrogens is 380 g/mol. The van der Waals surface area contributed by atoms with Gasteiger partial charge >= 0.3 is 0 Å². The second-order valence-electron chi connectivity index (χ2n) is 4.28. The third-order valence-electron chi connectivity index (χ3n) is 2.72. The highest BCUT2D eigenvalue weighted by Gasteiger charge is 2.17. The molecule has 2 aromatic carbocycles. The predicted molar refractivity (Wildman–Crippen MR) is 84.6 cm³/mol. The number of rotatable bonds is 4. The first-order valence-corrected chi connectivity index (χ1v) is 7.47. The van der Waals surface area contributed by atoms with Crippen LogP contribution in [-0.4, -0.2) is 12.5 Å². The summed E-state index contributed by atoms with van der Waals surface area (Å²) in [7, 11) is 0. The van der Waals surface area contributed by atoms with Crippen LogP contribution in [-0.2, 0) is 0 Å². The Labute approximate surface area is 139 Å². The molecule has 1 amide bonds. The lowest BCUT2D eigenvalue weighted by Gasteiger charge is -2.14. The summed E-state index contributed by atoms with van der Waals surface area (Å²) in [6.45, 7) is 2.15. The normalized spacial score (nSPS) is 10.4. The molecule has 2 aromatic rings. The van der Waals surface area contributed by atoms with Crippen molar-refractivity contribution in [3.63, 3.8) is 0 Å². The van der Waals surface area contributed by atoms with Crippen LogP contribution in [0.4, 0.5) is 14.5 Å². The average molecular weight is 391 g/mol. The van der Waals surface area contributed by atoms with Crippen LogP contribution in [0.25, 0.3) is 0 Å². The van der Waals surface area contributed by atoms with E-state index < -0.39 is 17.5 Å². The van der Waals surface area contributed by atoms with E-state index in [1.165, 1.54) is 6.07 Å². The summed E-state index contributed by atoms with van der Waals surface area (Å²) in [4.78, 5) is 12.1. The minimum absolute atomic E-state index is 0.278. The fourth-order valence-electron chi connectivity index (χ4n) is 1.81. The summed E-state index contributed by atoms with van der Waals surface area (Å²) in [5.74, 6) is -2.05. The number of nitrogens with one attached hydrogen (secondary N) is 1. The molecule has 0 bridgehead atoms. The molecule has 3 nitrogen and oxygen atoms in total. The van der Waals surface area contributed by atoms with E-state index in [1.807, 2.05) is 0 Å². The molecule has 0 radical (unpaired) electrons. The molecule has 116 valence electrons. The number of hydrogen-bond acceptors (Lipinski definition) is 2. The lowest BCUT2D eigenvalue weighted by molar-refractivity contribution is 0.102. The number of halogens is 4. The summed E-state index contributed by atoms with van der Waals surface area (Å²) >= 11 is 9.23. The maximum absolute atomic E-state index is 13.6. The van der Waals surface area contributed by atoms with Gasteiger partial charge in [0, 0.05) is 11.1 Å². The molecule has 0 aromatic heterocycles. The van der Waals surface area contributed by atoms with Crippen molar-refractivity contribution in [3.05, 3.63) is 57.0 Å². The predicted octanol–water partition coefficient (Wildman–Crippen LogP) is 5.03. The van der Waals surface area contributed by atoms with Gasteiger partial charge in [0.2, 0.25) is 0 Å². The smallest absolute Gasteiger partial charge is 0.258 e. The molecule has 0 saturated heterocycles. The van der Waals surface area contributed by atoms with Gasteiger partial charge in [0.05, 0.1) is 22.3 Å². The number of carbonyl (C=O) groups excluding carboxylic acids is 1. The Bertz CT molecular complexity index is 725. The Morgan fingerprint density at radius 2 is 2.05 bits per heavy atom. The third-order valence-corrected chi connectivity index (χ3v) is 3.53. The molecule has 0 aliphatic heterocycles. The van der Waals surface area contributed by atoms with Gasteiger partial charge in [-0.2, -0.15) is 0 Å². The van der Waals surface area contributed by atoms with E-state index >= 15 is 0 Å². The molecule has 0 aliphatic carbocycles. The van der Waals surface area contributed by atoms with Crippen LogP contribution in [0.5, 0.6) is 5.75 Å². The average Bonchev–Trinajstić information content (AvgIpc) is 2.42. The highest BCUT2D eigenvalue weighted by atomic mass is 79.9. The van der Waals surface area contributed by atoms with Crippen LogP contribution < -0.4 is 10.1 Å². The van der Waals surface area contributed by atoms with Crippen LogP contribution in [0.15, 0.2) is 34.8 Å². The molecule has 1 N–H and O–H groups in total. The monoisotopic (exact) mass is 389 g/mol. The SMILES string of the molecule is CCOc1c(Br)cc(Cl)cc1NC(=O)c1ccc(F)cc1F. The zero-order chi connectivity index (χ0) is 16.3. The maximum Gasteiger partial charge on any atom is 0.258 e. The molecule has 2 rings (SSSR count). The van der Waals surface area contributed by atoms with E-state index in [-0.39, 0.29) is 11.3 Å². The van der Waals surface area contributed by atoms with Crippen molar-refractivity contribution in [2.75, 3.05) is 11.9 Å². The molecule has 0 spiro atoms. The van der Waals surface area contributed by atoms with E-state index in [9.17, 15) is 13.6 Å². The Morgan fingerprint density at radius 3 is 2.68 bits per heavy atom. The van der Waals surface area contributed by atoms with Crippen molar-refractivity contribution < 1.29 is 18.3 Å². The number of carbonyl (C=O) groups is 1. The van der Waals surface area contributed by atoms with E-state index in [2.05, 4.69) is 21.2 Å². The first kappa shape index (κ1) is 16.7. The van der Waals surface area contributed by atoms with E-state index in [1.54, 1.807) is 13.0 Å². The van der Waals surface area contributed by atoms with E-state index in [0.717, 1.165) is 12.1 Å². The van der Waals surface area contributed by atoms with Crippen molar-refractivity contribution in [3.8, 4) is 5.75 Å². The molecule has 0 aliphatic rings. The van der Waals surface area contributed by atoms with Gasteiger partial charge in [0.1, 0.15) is 11.6 Å². The Kier molecular flexibility index (Phi) is 5.37. The van der Waals surface area contributed by atoms with Gasteiger partial charge in [-0.05, 0) is 47.1 Å². The summed E-state index contributed by atoms with van der Waals surface area (Å²) < 4.78 is 32.5. The molecule has 0 heterocycles. The second kappa shape index (κ2) is 7.07. The van der Waals surface area contributed by atoms with Gasteiger partial charge in [-0.15, -0.1) is 0 Å². The molecule has 0 fully saturated rings. The fraction of sp³-hybridized carbons (Fsp3) is 0.133. The molecule has 0 atom stereocenters. The van der Waals surface area contributed by atoms with Gasteiger partial charge in [-0.3, -0.25) is 4.79 Å². The lowest BCUT2D eigenvalue weighted by atomic mass is 10.2. The highest BCUT2D eigenvalue weighted by molar-refractivity contribution is 9.10. The van der Waals surface area contributed by atoms with Crippen molar-refractivity contribution >= 4 is 39.1 Å². The second-order valence-corrected chi connectivity index (χ2v) is 5.57. The number of amides is 1. The Hall–Kier alpha value is -1.66. The van der Waals surface area contributed by atoms with Crippen LogP contribution >= 0.6 is 27.5 Å². The molecule has 7 heteroatoms. The summed E-state index contributed by atoms with van der Waals surface area (Å²) in [6.07, 6.45) is 0. The van der Waals surface area contributed by atoms with E-state index in [4.69, 9.17) is 16.3 Å². The van der Waals surface area contributed by atoms with Crippen LogP contribution in [0.2, 0.25) is 5.02 Å². The largest absolute Gasteiger partial charge is 0.491 e. The molecule has 22 heavy (non-hydrogen) atoms. The maximum atomic E-state index is 13.6. The lowest BCUT2D eigenvalue weighted by Crippen LogP contribution is -2.15. The third kappa shape index (κ3) is 3.75. The first-order valence-electron chi connectivity index (χ1n) is 6.30. The summed E-state index contributed by atoms with van der Waals surface area (Å²) in [5, 5.41) is 2.88. The van der Waals surface area contributed by atoms with Gasteiger partial charge in [-0.1, -0.05) is 11.6 Å². The van der Waals surface area contributed by atoms with E-state index in [0.29, 0.717) is 27.9 Å². The van der Waals surface area contributed by atoms with Crippen LogP contribution in [0.3, 0.4) is 0 Å². The number of ether oxygens (including phenoxy) is 1. The minimum atomic E-state index is -0.948. The highest BCUT2D eigenvalue weighted by Crippen LogP contribution is 2.36. The fourth-order valence-corrected chi connectivity index (χ4v) is 2.73. The standard InChI is InChI=1S/C15H11BrClF2NO2/c1-2-22-14-11(16)5-8(17)6-13(14)20-15(21)10-4-3-9(18)7-12(10)19/h3-7H,2H2,1H3,(H,20,21). The molecule has 0 unspecified atom stereocenters. The Balaban J connectivity index is 2.35. The zero-order valence-corrected chi connectivity index (χ0v) is 13.8. The minimum Gasteiger partial charge on any atom is -0.491 e. The summed E-state index contributed by atoms with van der Waals surface area (Å²) in [6, 6.07) is 5.82.